The summed E-state index contributed by atoms with van der Waals surface area (Å²) in [7, 11) is -0.546. The van der Waals surface area contributed by atoms with Crippen molar-refractivity contribution in [3.63, 3.8) is 0 Å². The molecule has 2 bridgehead atoms. The Hall–Kier alpha value is -0.820. The second-order valence-electron chi connectivity index (χ2n) is 8.10. The molecule has 3 rings (SSSR count). The largest absolute Gasteiger partial charge is 0.356 e. The van der Waals surface area contributed by atoms with Gasteiger partial charge in [0.25, 0.3) is 0 Å². The number of nitrogens with zero attached hydrogens (tertiary/aromatic N) is 2. The van der Waals surface area contributed by atoms with Gasteiger partial charge < -0.3 is 15.5 Å². The highest BCUT2D eigenvalue weighted by Crippen LogP contribution is 2.32. The molecule has 3 aliphatic rings. The maximum absolute atomic E-state index is 11.6. The lowest BCUT2D eigenvalue weighted by Crippen LogP contribution is -2.56. The molecule has 3 heterocycles. The smallest absolute Gasteiger partial charge is 0.191 e. The van der Waals surface area contributed by atoms with Crippen LogP contribution in [0.4, 0.5) is 0 Å². The molecule has 7 heteroatoms. The van der Waals surface area contributed by atoms with E-state index in [2.05, 4.69) is 29.5 Å². The molecule has 3 unspecified atom stereocenters. The van der Waals surface area contributed by atoms with Gasteiger partial charge in [0, 0.05) is 31.2 Å². The summed E-state index contributed by atoms with van der Waals surface area (Å²) in [5.41, 5.74) is 0. The van der Waals surface area contributed by atoms with Crippen molar-refractivity contribution >= 4 is 15.8 Å². The Bertz CT molecular complexity index is 564. The topological polar surface area (TPSA) is 73.8 Å². The summed E-state index contributed by atoms with van der Waals surface area (Å²) in [6.45, 7) is 3.65. The third kappa shape index (κ3) is 5.09. The molecular formula is C18H34N4O2S. The van der Waals surface area contributed by atoms with Crippen molar-refractivity contribution in [2.24, 2.45) is 10.9 Å². The first-order valence-corrected chi connectivity index (χ1v) is 11.8. The molecule has 2 N–H and O–H groups in total. The first-order chi connectivity index (χ1) is 12.0. The molecule has 0 aromatic rings. The van der Waals surface area contributed by atoms with Gasteiger partial charge in [-0.05, 0) is 51.5 Å². The van der Waals surface area contributed by atoms with E-state index in [0.29, 0.717) is 36.2 Å². The minimum absolute atomic E-state index is 0.182. The van der Waals surface area contributed by atoms with E-state index in [1.54, 1.807) is 0 Å². The molecule has 0 aromatic heterocycles. The lowest BCUT2D eigenvalue weighted by Gasteiger charge is -2.47. The lowest BCUT2D eigenvalue weighted by atomic mass is 9.82. The molecule has 0 radical (unpaired) electrons. The van der Waals surface area contributed by atoms with E-state index in [9.17, 15) is 8.42 Å². The zero-order valence-corrected chi connectivity index (χ0v) is 16.5. The molecule has 0 aliphatic carbocycles. The summed E-state index contributed by atoms with van der Waals surface area (Å²) in [5, 5.41) is 7.06. The van der Waals surface area contributed by atoms with E-state index < -0.39 is 9.84 Å². The van der Waals surface area contributed by atoms with Gasteiger partial charge in [-0.3, -0.25) is 4.99 Å². The summed E-state index contributed by atoms with van der Waals surface area (Å²) < 4.78 is 23.3. The standard InChI is InChI=1S/C18H34N4O2S/c1-3-8-19-18(20-12-14-7-9-25(23,24)13-14)21-15-10-16-5-4-6-17(11-15)22(16)2/h14-17H,3-13H2,1-2H3,(H2,19,20,21). The van der Waals surface area contributed by atoms with E-state index in [0.717, 1.165) is 25.3 Å². The van der Waals surface area contributed by atoms with Gasteiger partial charge in [-0.25, -0.2) is 8.42 Å². The molecule has 3 atom stereocenters. The fraction of sp³-hybridized carbons (Fsp3) is 0.944. The number of hydrogen-bond acceptors (Lipinski definition) is 4. The van der Waals surface area contributed by atoms with Crippen LogP contribution in [-0.2, 0) is 9.84 Å². The molecule has 3 saturated heterocycles. The van der Waals surface area contributed by atoms with Gasteiger partial charge in [0.1, 0.15) is 0 Å². The van der Waals surface area contributed by atoms with E-state index in [1.165, 1.54) is 32.1 Å². The lowest BCUT2D eigenvalue weighted by molar-refractivity contribution is 0.0526. The molecule has 25 heavy (non-hydrogen) atoms. The second kappa shape index (κ2) is 8.25. The van der Waals surface area contributed by atoms with Crippen LogP contribution < -0.4 is 10.6 Å². The van der Waals surface area contributed by atoms with Gasteiger partial charge in [-0.2, -0.15) is 0 Å². The monoisotopic (exact) mass is 370 g/mol. The van der Waals surface area contributed by atoms with Crippen LogP contribution in [0.25, 0.3) is 0 Å². The second-order valence-corrected chi connectivity index (χ2v) is 10.3. The van der Waals surface area contributed by atoms with Crippen molar-refractivity contribution in [2.45, 2.75) is 70.0 Å². The maximum Gasteiger partial charge on any atom is 0.191 e. The van der Waals surface area contributed by atoms with Gasteiger partial charge in [0.2, 0.25) is 0 Å². The summed E-state index contributed by atoms with van der Waals surface area (Å²) in [6.07, 6.45) is 8.13. The molecule has 0 aromatic carbocycles. The number of guanidine groups is 1. The third-order valence-electron chi connectivity index (χ3n) is 6.06. The fourth-order valence-corrected chi connectivity index (χ4v) is 6.41. The van der Waals surface area contributed by atoms with E-state index in [-0.39, 0.29) is 5.92 Å². The minimum atomic E-state index is -2.82. The fourth-order valence-electron chi connectivity index (χ4n) is 4.56. The molecule has 0 amide bonds. The number of hydrogen-bond donors (Lipinski definition) is 2. The van der Waals surface area contributed by atoms with Gasteiger partial charge in [-0.1, -0.05) is 13.3 Å². The predicted octanol–water partition coefficient (Wildman–Crippen LogP) is 1.38. The Balaban J connectivity index is 1.58. The van der Waals surface area contributed by atoms with Crippen LogP contribution in [0.1, 0.15) is 51.9 Å². The van der Waals surface area contributed by atoms with Crippen molar-refractivity contribution in [3.05, 3.63) is 0 Å². The Kier molecular flexibility index (Phi) is 6.25. The van der Waals surface area contributed by atoms with Crippen molar-refractivity contribution in [3.8, 4) is 0 Å². The van der Waals surface area contributed by atoms with E-state index in [1.807, 2.05) is 0 Å². The number of rotatable bonds is 5. The minimum Gasteiger partial charge on any atom is -0.356 e. The van der Waals surface area contributed by atoms with Crippen LogP contribution in [-0.4, -0.2) is 69.0 Å². The Morgan fingerprint density at radius 2 is 1.92 bits per heavy atom. The van der Waals surface area contributed by atoms with Crippen LogP contribution in [0.5, 0.6) is 0 Å². The van der Waals surface area contributed by atoms with Gasteiger partial charge in [0.15, 0.2) is 15.8 Å². The molecule has 144 valence electrons. The van der Waals surface area contributed by atoms with Crippen LogP contribution in [0.2, 0.25) is 0 Å². The quantitative estimate of drug-likeness (QED) is 0.565. The molecular weight excluding hydrogens is 336 g/mol. The number of sulfone groups is 1. The number of piperidine rings is 2. The number of fused-ring (bicyclic) bond motifs is 2. The first-order valence-electron chi connectivity index (χ1n) is 9.94. The number of nitrogens with one attached hydrogen (secondary N) is 2. The Morgan fingerprint density at radius 1 is 1.20 bits per heavy atom. The summed E-state index contributed by atoms with van der Waals surface area (Å²) in [5.74, 6) is 1.69. The van der Waals surface area contributed by atoms with Crippen LogP contribution in [0, 0.1) is 5.92 Å². The van der Waals surface area contributed by atoms with Crippen LogP contribution >= 0.6 is 0 Å². The molecule has 3 aliphatic heterocycles. The third-order valence-corrected chi connectivity index (χ3v) is 7.89. The highest BCUT2D eigenvalue weighted by atomic mass is 32.2. The average Bonchev–Trinajstić information content (AvgIpc) is 2.90. The highest BCUT2D eigenvalue weighted by Gasteiger charge is 2.36. The van der Waals surface area contributed by atoms with Gasteiger partial charge >= 0.3 is 0 Å². The summed E-state index contributed by atoms with van der Waals surface area (Å²) >= 11 is 0. The predicted molar refractivity (Wildman–Crippen MR) is 103 cm³/mol. The molecule has 6 nitrogen and oxygen atoms in total. The van der Waals surface area contributed by atoms with Gasteiger partial charge in [-0.15, -0.1) is 0 Å². The first kappa shape index (κ1) is 19.0. The average molecular weight is 371 g/mol. The highest BCUT2D eigenvalue weighted by molar-refractivity contribution is 7.91. The van der Waals surface area contributed by atoms with Crippen molar-refractivity contribution < 1.29 is 8.42 Å². The SMILES string of the molecule is CCCNC(=NCC1CCS(=O)(=O)C1)NC1CC2CCCC(C1)N2C. The van der Waals surface area contributed by atoms with Crippen LogP contribution in [0.3, 0.4) is 0 Å². The summed E-state index contributed by atoms with van der Waals surface area (Å²) in [4.78, 5) is 7.30. The van der Waals surface area contributed by atoms with Crippen molar-refractivity contribution in [1.82, 2.24) is 15.5 Å². The van der Waals surface area contributed by atoms with Gasteiger partial charge in [0.05, 0.1) is 11.5 Å². The normalized spacial score (nSPS) is 35.5. The zero-order valence-electron chi connectivity index (χ0n) is 15.7. The molecule has 0 saturated carbocycles. The van der Waals surface area contributed by atoms with Crippen molar-refractivity contribution in [1.29, 1.82) is 0 Å². The van der Waals surface area contributed by atoms with E-state index >= 15 is 0 Å². The molecule has 3 fully saturated rings. The maximum atomic E-state index is 11.6. The Morgan fingerprint density at radius 3 is 2.52 bits per heavy atom. The summed E-state index contributed by atoms with van der Waals surface area (Å²) in [6, 6.07) is 1.86. The number of aliphatic imine (C=N–C) groups is 1. The zero-order chi connectivity index (χ0) is 17.9. The van der Waals surface area contributed by atoms with Crippen molar-refractivity contribution in [2.75, 3.05) is 31.6 Å². The molecule has 0 spiro atoms. The van der Waals surface area contributed by atoms with E-state index in [4.69, 9.17) is 4.99 Å². The Labute approximate surface area is 152 Å². The van der Waals surface area contributed by atoms with Crippen LogP contribution in [0.15, 0.2) is 4.99 Å².